The van der Waals surface area contributed by atoms with Crippen molar-refractivity contribution in [1.82, 2.24) is 9.29 Å². The molecule has 1 saturated heterocycles. The number of anilines is 1. The van der Waals surface area contributed by atoms with E-state index >= 15 is 0 Å². The number of carbonyl (C=O) groups is 1. The molecule has 0 spiro atoms. The predicted octanol–water partition coefficient (Wildman–Crippen LogP) is 3.19. The topological polar surface area (TPSA) is 111 Å². The van der Waals surface area contributed by atoms with Crippen LogP contribution >= 0.6 is 0 Å². The summed E-state index contributed by atoms with van der Waals surface area (Å²) in [5.41, 5.74) is 1.43. The maximum atomic E-state index is 13.2. The maximum Gasteiger partial charge on any atom is 0.343 e. The van der Waals surface area contributed by atoms with Gasteiger partial charge >= 0.3 is 5.97 Å². The largest absolute Gasteiger partial charge is 0.491 e. The highest BCUT2D eigenvalue weighted by atomic mass is 32.2. The standard InChI is InChI=1S/C25H29N3O7S/c1-18(2)35-20-5-7-21(8-6-20)36(30,31)28-13-11-27(12-14-28)19-4-9-22(25-26-10-15-33-25)23(16-19)34-17-24(29)32-3/h4-10,15-16,18H,11-14,17H2,1-3H3. The molecule has 1 fully saturated rings. The molecular weight excluding hydrogens is 486 g/mol. The summed E-state index contributed by atoms with van der Waals surface area (Å²) >= 11 is 0. The fourth-order valence-electron chi connectivity index (χ4n) is 3.85. The molecule has 1 aliphatic heterocycles. The van der Waals surface area contributed by atoms with Gasteiger partial charge in [0.15, 0.2) is 6.61 Å². The first-order valence-corrected chi connectivity index (χ1v) is 13.0. The fraction of sp³-hybridized carbons (Fsp3) is 0.360. The van der Waals surface area contributed by atoms with Crippen LogP contribution in [-0.2, 0) is 19.6 Å². The molecule has 0 aliphatic carbocycles. The molecule has 0 saturated carbocycles. The van der Waals surface area contributed by atoms with E-state index in [-0.39, 0.29) is 17.6 Å². The zero-order valence-electron chi connectivity index (χ0n) is 20.4. The Bertz CT molecular complexity index is 1270. The van der Waals surface area contributed by atoms with E-state index in [9.17, 15) is 13.2 Å². The minimum absolute atomic E-state index is 0.0105. The molecule has 3 aromatic rings. The second kappa shape index (κ2) is 11.0. The van der Waals surface area contributed by atoms with Gasteiger partial charge in [-0.25, -0.2) is 18.2 Å². The number of ether oxygens (including phenoxy) is 3. The van der Waals surface area contributed by atoms with E-state index in [1.807, 2.05) is 19.9 Å². The highest BCUT2D eigenvalue weighted by Gasteiger charge is 2.29. The molecule has 1 aliphatic rings. The summed E-state index contributed by atoms with van der Waals surface area (Å²) < 4.78 is 49.2. The Hall–Kier alpha value is -3.57. The zero-order valence-corrected chi connectivity index (χ0v) is 21.2. The SMILES string of the molecule is COC(=O)COc1cc(N2CCN(S(=O)(=O)c3ccc(OC(C)C)cc3)CC2)ccc1-c1ncco1. The number of carbonyl (C=O) groups excluding carboxylic acids is 1. The van der Waals surface area contributed by atoms with Crippen molar-refractivity contribution >= 4 is 21.7 Å². The lowest BCUT2D eigenvalue weighted by atomic mass is 10.1. The number of hydrogen-bond acceptors (Lipinski definition) is 9. The highest BCUT2D eigenvalue weighted by molar-refractivity contribution is 7.89. The monoisotopic (exact) mass is 515 g/mol. The molecule has 0 unspecified atom stereocenters. The summed E-state index contributed by atoms with van der Waals surface area (Å²) in [6.45, 7) is 5.20. The van der Waals surface area contributed by atoms with Crippen LogP contribution in [0.2, 0.25) is 0 Å². The van der Waals surface area contributed by atoms with Gasteiger partial charge in [0.25, 0.3) is 0 Å². The number of esters is 1. The number of methoxy groups -OCH3 is 1. The van der Waals surface area contributed by atoms with Gasteiger partial charge in [-0.2, -0.15) is 4.31 Å². The number of hydrogen-bond donors (Lipinski definition) is 0. The number of aromatic nitrogens is 1. The molecule has 36 heavy (non-hydrogen) atoms. The summed E-state index contributed by atoms with van der Waals surface area (Å²) in [6.07, 6.45) is 2.99. The molecule has 0 radical (unpaired) electrons. The van der Waals surface area contributed by atoms with Gasteiger partial charge in [-0.1, -0.05) is 0 Å². The smallest absolute Gasteiger partial charge is 0.343 e. The molecule has 1 aromatic heterocycles. The summed E-state index contributed by atoms with van der Waals surface area (Å²) in [7, 11) is -2.33. The Morgan fingerprint density at radius 3 is 2.42 bits per heavy atom. The first-order chi connectivity index (χ1) is 17.3. The van der Waals surface area contributed by atoms with Crippen molar-refractivity contribution in [3.63, 3.8) is 0 Å². The molecule has 2 heterocycles. The summed E-state index contributed by atoms with van der Waals surface area (Å²) in [5.74, 6) is 0.898. The van der Waals surface area contributed by atoms with E-state index in [2.05, 4.69) is 14.6 Å². The Morgan fingerprint density at radius 2 is 1.81 bits per heavy atom. The van der Waals surface area contributed by atoms with Crippen molar-refractivity contribution in [3.05, 3.63) is 54.9 Å². The lowest BCUT2D eigenvalue weighted by Gasteiger charge is -2.35. The van der Waals surface area contributed by atoms with Crippen LogP contribution in [0.5, 0.6) is 11.5 Å². The van der Waals surface area contributed by atoms with E-state index in [1.54, 1.807) is 36.4 Å². The summed E-state index contributed by atoms with van der Waals surface area (Å²) in [4.78, 5) is 18.1. The molecule has 4 rings (SSSR count). The number of rotatable bonds is 9. The Morgan fingerprint density at radius 1 is 1.08 bits per heavy atom. The number of piperazine rings is 1. The van der Waals surface area contributed by atoms with Crippen LogP contribution in [0.1, 0.15) is 13.8 Å². The molecule has 2 aromatic carbocycles. The van der Waals surface area contributed by atoms with E-state index < -0.39 is 16.0 Å². The molecular formula is C25H29N3O7S. The molecule has 192 valence electrons. The van der Waals surface area contributed by atoms with Gasteiger partial charge in [0.2, 0.25) is 15.9 Å². The maximum absolute atomic E-state index is 13.2. The van der Waals surface area contributed by atoms with Gasteiger partial charge in [-0.15, -0.1) is 0 Å². The number of nitrogens with zero attached hydrogens (tertiary/aromatic N) is 3. The van der Waals surface area contributed by atoms with Crippen LogP contribution in [0.15, 0.2) is 64.2 Å². The van der Waals surface area contributed by atoms with E-state index in [1.165, 1.54) is 23.9 Å². The third-order valence-electron chi connectivity index (χ3n) is 5.64. The van der Waals surface area contributed by atoms with E-state index in [4.69, 9.17) is 13.9 Å². The predicted molar refractivity (Wildman–Crippen MR) is 133 cm³/mol. The Balaban J connectivity index is 1.46. The van der Waals surface area contributed by atoms with Gasteiger partial charge < -0.3 is 23.5 Å². The fourth-order valence-corrected chi connectivity index (χ4v) is 5.28. The Labute approximate surface area is 210 Å². The third-order valence-corrected chi connectivity index (χ3v) is 7.55. The first-order valence-electron chi connectivity index (χ1n) is 11.5. The van der Waals surface area contributed by atoms with Crippen LogP contribution in [-0.4, -0.2) is 69.7 Å². The minimum Gasteiger partial charge on any atom is -0.491 e. The van der Waals surface area contributed by atoms with Crippen LogP contribution in [0.25, 0.3) is 11.5 Å². The molecule has 0 N–H and O–H groups in total. The second-order valence-electron chi connectivity index (χ2n) is 8.41. The number of sulfonamides is 1. The Kier molecular flexibility index (Phi) is 7.80. The van der Waals surface area contributed by atoms with Gasteiger partial charge in [0, 0.05) is 37.9 Å². The quantitative estimate of drug-likeness (QED) is 0.397. The number of oxazole rings is 1. The van der Waals surface area contributed by atoms with Crippen molar-refractivity contribution in [2.45, 2.75) is 24.8 Å². The van der Waals surface area contributed by atoms with Crippen LogP contribution in [0.4, 0.5) is 5.69 Å². The van der Waals surface area contributed by atoms with Crippen molar-refractivity contribution in [1.29, 1.82) is 0 Å². The number of benzene rings is 2. The summed E-state index contributed by atoms with van der Waals surface area (Å²) in [5, 5.41) is 0. The van der Waals surface area contributed by atoms with Crippen molar-refractivity contribution < 1.29 is 31.8 Å². The van der Waals surface area contributed by atoms with E-state index in [0.29, 0.717) is 49.1 Å². The van der Waals surface area contributed by atoms with E-state index in [0.717, 1.165) is 5.69 Å². The van der Waals surface area contributed by atoms with Crippen LogP contribution in [0, 0.1) is 0 Å². The van der Waals surface area contributed by atoms with Gasteiger partial charge in [0.1, 0.15) is 17.8 Å². The van der Waals surface area contributed by atoms with Gasteiger partial charge in [-0.05, 0) is 50.2 Å². The van der Waals surface area contributed by atoms with Crippen molar-refractivity contribution in [2.75, 3.05) is 44.8 Å². The first kappa shape index (κ1) is 25.5. The molecule has 11 heteroatoms. The lowest BCUT2D eigenvalue weighted by molar-refractivity contribution is -0.142. The lowest BCUT2D eigenvalue weighted by Crippen LogP contribution is -2.48. The average molecular weight is 516 g/mol. The van der Waals surface area contributed by atoms with Crippen molar-refractivity contribution in [3.8, 4) is 23.0 Å². The summed E-state index contributed by atoms with van der Waals surface area (Å²) in [6, 6.07) is 12.0. The second-order valence-corrected chi connectivity index (χ2v) is 10.3. The molecule has 0 bridgehead atoms. The molecule has 0 atom stereocenters. The highest BCUT2D eigenvalue weighted by Crippen LogP contribution is 2.34. The zero-order chi connectivity index (χ0) is 25.7. The third kappa shape index (κ3) is 5.80. The van der Waals surface area contributed by atoms with Gasteiger partial charge in [-0.3, -0.25) is 0 Å². The van der Waals surface area contributed by atoms with Crippen molar-refractivity contribution in [2.24, 2.45) is 0 Å². The van der Waals surface area contributed by atoms with Crippen LogP contribution < -0.4 is 14.4 Å². The minimum atomic E-state index is -3.62. The van der Waals surface area contributed by atoms with Crippen LogP contribution in [0.3, 0.4) is 0 Å². The molecule has 0 amide bonds. The van der Waals surface area contributed by atoms with Gasteiger partial charge in [0.05, 0.1) is 29.9 Å². The molecule has 10 nitrogen and oxygen atoms in total. The average Bonchev–Trinajstić information content (AvgIpc) is 3.42. The normalized spacial score (nSPS) is 14.6.